The highest BCUT2D eigenvalue weighted by Crippen LogP contribution is 2.33. The predicted octanol–water partition coefficient (Wildman–Crippen LogP) is 4.19. The van der Waals surface area contributed by atoms with Gasteiger partial charge in [0.15, 0.2) is 6.61 Å². The summed E-state index contributed by atoms with van der Waals surface area (Å²) in [5.74, 6) is -2.00. The molecule has 32 heavy (non-hydrogen) atoms. The van der Waals surface area contributed by atoms with Crippen molar-refractivity contribution in [2.45, 2.75) is 0 Å². The third-order valence-electron chi connectivity index (χ3n) is 4.96. The van der Waals surface area contributed by atoms with Crippen molar-refractivity contribution < 1.29 is 28.7 Å². The molecule has 0 N–H and O–H groups in total. The molecule has 0 aliphatic carbocycles. The molecule has 0 saturated heterocycles. The number of fused-ring (bicyclic) bond motifs is 1. The maximum atomic E-state index is 12.9. The summed E-state index contributed by atoms with van der Waals surface area (Å²) in [7, 11) is 1.44. The lowest BCUT2D eigenvalue weighted by atomic mass is 10.1. The van der Waals surface area contributed by atoms with Gasteiger partial charge in [0.1, 0.15) is 5.75 Å². The third kappa shape index (κ3) is 3.74. The Hall–Kier alpha value is -3.97. The van der Waals surface area contributed by atoms with E-state index in [1.807, 2.05) is 0 Å². The van der Waals surface area contributed by atoms with Gasteiger partial charge in [-0.25, -0.2) is 9.69 Å². The van der Waals surface area contributed by atoms with Gasteiger partial charge in [-0.1, -0.05) is 35.9 Å². The number of carbonyl (C=O) groups is 4. The SMILES string of the molecule is COc1ccccc1C(=O)COC(=O)c1ccc2c(c1)C(=O)N(c1ccccc1Cl)C2=O. The maximum Gasteiger partial charge on any atom is 0.338 e. The summed E-state index contributed by atoms with van der Waals surface area (Å²) in [5, 5.41) is 0.247. The standard InChI is InChI=1S/C24H16ClNO6/c1-31-21-9-5-2-6-16(21)20(27)13-32-24(30)14-10-11-15-17(12-14)23(29)26(22(15)28)19-8-4-3-7-18(19)25/h2-12H,13H2,1H3. The normalized spacial score (nSPS) is 12.5. The molecule has 3 aromatic rings. The lowest BCUT2D eigenvalue weighted by molar-refractivity contribution is 0.0474. The Morgan fingerprint density at radius 2 is 1.59 bits per heavy atom. The number of carbonyl (C=O) groups excluding carboxylic acids is 4. The molecule has 0 bridgehead atoms. The summed E-state index contributed by atoms with van der Waals surface area (Å²) >= 11 is 6.14. The van der Waals surface area contributed by atoms with Crippen molar-refractivity contribution in [2.24, 2.45) is 0 Å². The van der Waals surface area contributed by atoms with Crippen LogP contribution in [-0.2, 0) is 4.74 Å². The lowest BCUT2D eigenvalue weighted by Gasteiger charge is -2.15. The number of methoxy groups -OCH3 is 1. The van der Waals surface area contributed by atoms with Crippen LogP contribution in [0.2, 0.25) is 5.02 Å². The van der Waals surface area contributed by atoms with E-state index in [1.165, 1.54) is 25.3 Å². The second-order valence-corrected chi connectivity index (χ2v) is 7.26. The van der Waals surface area contributed by atoms with Crippen LogP contribution in [0.1, 0.15) is 41.4 Å². The van der Waals surface area contributed by atoms with Crippen LogP contribution in [0.15, 0.2) is 66.7 Å². The van der Waals surface area contributed by atoms with E-state index in [0.29, 0.717) is 5.75 Å². The van der Waals surface area contributed by atoms with Crippen molar-refractivity contribution in [3.63, 3.8) is 0 Å². The number of amides is 2. The number of halogens is 1. The summed E-state index contributed by atoms with van der Waals surface area (Å²) in [6.07, 6.45) is 0. The molecule has 160 valence electrons. The van der Waals surface area contributed by atoms with Gasteiger partial charge in [0.05, 0.1) is 40.1 Å². The van der Waals surface area contributed by atoms with E-state index in [-0.39, 0.29) is 33.0 Å². The molecule has 1 aliphatic rings. The quantitative estimate of drug-likeness (QED) is 0.318. The highest BCUT2D eigenvalue weighted by molar-refractivity contribution is 6.39. The molecule has 3 aromatic carbocycles. The van der Waals surface area contributed by atoms with Gasteiger partial charge in [0.25, 0.3) is 11.8 Å². The number of rotatable bonds is 6. The van der Waals surface area contributed by atoms with E-state index < -0.39 is 30.2 Å². The maximum absolute atomic E-state index is 12.9. The molecular formula is C24H16ClNO6. The number of imide groups is 1. The molecule has 1 heterocycles. The van der Waals surface area contributed by atoms with Crippen LogP contribution in [0.5, 0.6) is 5.75 Å². The summed E-state index contributed by atoms with van der Waals surface area (Å²) in [6.45, 7) is -0.505. The number of Topliss-reactive ketones (excluding diaryl/α,β-unsaturated/α-hetero) is 1. The number of benzene rings is 3. The molecular weight excluding hydrogens is 434 g/mol. The fourth-order valence-electron chi connectivity index (χ4n) is 3.39. The van der Waals surface area contributed by atoms with Crippen LogP contribution >= 0.6 is 11.6 Å². The first-order valence-electron chi connectivity index (χ1n) is 9.53. The van der Waals surface area contributed by atoms with Crippen molar-refractivity contribution in [3.8, 4) is 5.75 Å². The van der Waals surface area contributed by atoms with Crippen LogP contribution < -0.4 is 9.64 Å². The number of nitrogens with zero attached hydrogens (tertiary/aromatic N) is 1. The van der Waals surface area contributed by atoms with Gasteiger partial charge in [-0.3, -0.25) is 14.4 Å². The Morgan fingerprint density at radius 3 is 2.34 bits per heavy atom. The smallest absolute Gasteiger partial charge is 0.338 e. The molecule has 0 saturated carbocycles. The van der Waals surface area contributed by atoms with E-state index in [1.54, 1.807) is 48.5 Å². The average Bonchev–Trinajstić information content (AvgIpc) is 3.07. The highest BCUT2D eigenvalue weighted by atomic mass is 35.5. The van der Waals surface area contributed by atoms with E-state index in [4.69, 9.17) is 21.1 Å². The zero-order valence-corrected chi connectivity index (χ0v) is 17.6. The average molecular weight is 450 g/mol. The first kappa shape index (κ1) is 21.3. The van der Waals surface area contributed by atoms with E-state index in [0.717, 1.165) is 4.90 Å². The van der Waals surface area contributed by atoms with E-state index >= 15 is 0 Å². The molecule has 0 aromatic heterocycles. The number of ether oxygens (including phenoxy) is 2. The molecule has 7 nitrogen and oxygen atoms in total. The number of esters is 1. The minimum absolute atomic E-state index is 0.0405. The van der Waals surface area contributed by atoms with Crippen LogP contribution in [0.3, 0.4) is 0 Å². The van der Waals surface area contributed by atoms with Crippen molar-refractivity contribution in [2.75, 3.05) is 18.6 Å². The fraction of sp³-hybridized carbons (Fsp3) is 0.0833. The van der Waals surface area contributed by atoms with Gasteiger partial charge in [0, 0.05) is 0 Å². The topological polar surface area (TPSA) is 90.0 Å². The highest BCUT2D eigenvalue weighted by Gasteiger charge is 2.38. The largest absolute Gasteiger partial charge is 0.496 e. The molecule has 1 aliphatic heterocycles. The Labute approximate surface area is 188 Å². The Kier molecular flexibility index (Phi) is 5.75. The second kappa shape index (κ2) is 8.64. The minimum Gasteiger partial charge on any atom is -0.496 e. The molecule has 0 radical (unpaired) electrons. The van der Waals surface area contributed by atoms with Gasteiger partial charge >= 0.3 is 5.97 Å². The fourth-order valence-corrected chi connectivity index (χ4v) is 3.61. The number of hydrogen-bond donors (Lipinski definition) is 0. The minimum atomic E-state index is -0.799. The van der Waals surface area contributed by atoms with E-state index in [9.17, 15) is 19.2 Å². The first-order chi connectivity index (χ1) is 15.4. The first-order valence-corrected chi connectivity index (χ1v) is 9.91. The second-order valence-electron chi connectivity index (χ2n) is 6.86. The van der Waals surface area contributed by atoms with Crippen molar-refractivity contribution in [1.82, 2.24) is 0 Å². The number of para-hydroxylation sites is 2. The van der Waals surface area contributed by atoms with Gasteiger partial charge < -0.3 is 9.47 Å². The third-order valence-corrected chi connectivity index (χ3v) is 5.28. The number of ketones is 1. The molecule has 0 atom stereocenters. The van der Waals surface area contributed by atoms with Gasteiger partial charge in [-0.15, -0.1) is 0 Å². The summed E-state index contributed by atoms with van der Waals surface area (Å²) in [5.41, 5.74) is 0.788. The van der Waals surface area contributed by atoms with E-state index in [2.05, 4.69) is 0 Å². The monoisotopic (exact) mass is 449 g/mol. The number of anilines is 1. The van der Waals surface area contributed by atoms with Crippen molar-refractivity contribution in [1.29, 1.82) is 0 Å². The lowest BCUT2D eigenvalue weighted by Crippen LogP contribution is -2.29. The van der Waals surface area contributed by atoms with Crippen LogP contribution in [0.4, 0.5) is 5.69 Å². The summed E-state index contributed by atoms with van der Waals surface area (Å²) in [6, 6.07) is 17.1. The zero-order chi connectivity index (χ0) is 22.8. The van der Waals surface area contributed by atoms with Gasteiger partial charge in [-0.2, -0.15) is 0 Å². The molecule has 0 unspecified atom stereocenters. The Balaban J connectivity index is 1.52. The van der Waals surface area contributed by atoms with Crippen molar-refractivity contribution in [3.05, 3.63) is 94.0 Å². The van der Waals surface area contributed by atoms with Crippen LogP contribution in [0.25, 0.3) is 0 Å². The van der Waals surface area contributed by atoms with Gasteiger partial charge in [-0.05, 0) is 42.5 Å². The van der Waals surface area contributed by atoms with Crippen LogP contribution in [-0.4, -0.2) is 37.3 Å². The number of hydrogen-bond acceptors (Lipinski definition) is 6. The summed E-state index contributed by atoms with van der Waals surface area (Å²) < 4.78 is 10.3. The molecule has 0 fully saturated rings. The van der Waals surface area contributed by atoms with Crippen LogP contribution in [0, 0.1) is 0 Å². The van der Waals surface area contributed by atoms with Gasteiger partial charge in [0.2, 0.25) is 5.78 Å². The molecule has 8 heteroatoms. The van der Waals surface area contributed by atoms with Crippen molar-refractivity contribution >= 4 is 40.9 Å². The summed E-state index contributed by atoms with van der Waals surface area (Å²) in [4.78, 5) is 51.5. The zero-order valence-electron chi connectivity index (χ0n) is 16.8. The Morgan fingerprint density at radius 1 is 0.906 bits per heavy atom. The molecule has 2 amide bonds. The Bertz CT molecular complexity index is 1270. The predicted molar refractivity (Wildman–Crippen MR) is 117 cm³/mol. The molecule has 4 rings (SSSR count). The molecule has 0 spiro atoms.